The predicted molar refractivity (Wildman–Crippen MR) is 51.4 cm³/mol. The fourth-order valence-electron chi connectivity index (χ4n) is 1.31. The van der Waals surface area contributed by atoms with Gasteiger partial charge in [0.1, 0.15) is 0 Å². The summed E-state index contributed by atoms with van der Waals surface area (Å²) in [5, 5.41) is 0. The van der Waals surface area contributed by atoms with Gasteiger partial charge in [0.15, 0.2) is 0 Å². The Balaban J connectivity index is 1.65. The van der Waals surface area contributed by atoms with Crippen LogP contribution in [-0.2, 0) is 13.6 Å². The highest BCUT2D eigenvalue weighted by Crippen LogP contribution is 2.47. The largest absolute Gasteiger partial charge is 0.332 e. The molecule has 0 aromatic heterocycles. The number of hydrogen-bond donors (Lipinski definition) is 0. The smallest absolute Gasteiger partial charge is 0.316 e. The van der Waals surface area contributed by atoms with Crippen molar-refractivity contribution in [3.05, 3.63) is 0 Å². The van der Waals surface area contributed by atoms with Crippen LogP contribution < -0.4 is 0 Å². The van der Waals surface area contributed by atoms with Crippen molar-refractivity contribution >= 4 is 8.60 Å². The second-order valence-corrected chi connectivity index (χ2v) is 4.96. The Morgan fingerprint density at radius 2 is 1.38 bits per heavy atom. The molecule has 2 aliphatic rings. The molecule has 4 heteroatoms. The maximum Gasteiger partial charge on any atom is 0.332 e. The van der Waals surface area contributed by atoms with E-state index in [2.05, 4.69) is 0 Å². The lowest BCUT2D eigenvalue weighted by Crippen LogP contribution is -2.23. The summed E-state index contributed by atoms with van der Waals surface area (Å²) in [4.78, 5) is 0. The van der Waals surface area contributed by atoms with E-state index in [1.807, 2.05) is 0 Å². The Morgan fingerprint density at radius 1 is 0.923 bits per heavy atom. The summed E-state index contributed by atoms with van der Waals surface area (Å²) in [7, 11) is 0.623. The van der Waals surface area contributed by atoms with Crippen LogP contribution in [0, 0.1) is 0 Å². The average molecular weight is 204 g/mol. The summed E-state index contributed by atoms with van der Waals surface area (Å²) < 4.78 is 16.5. The minimum atomic E-state index is -1.05. The van der Waals surface area contributed by atoms with Crippen LogP contribution in [0.25, 0.3) is 0 Å². The Bertz CT molecular complexity index is 141. The van der Waals surface area contributed by atoms with Crippen molar-refractivity contribution < 1.29 is 13.6 Å². The molecular weight excluding hydrogens is 187 g/mol. The van der Waals surface area contributed by atoms with Gasteiger partial charge >= 0.3 is 8.60 Å². The summed E-state index contributed by atoms with van der Waals surface area (Å²) in [5.41, 5.74) is 0. The van der Waals surface area contributed by atoms with Crippen LogP contribution in [0.4, 0.5) is 0 Å². The molecule has 0 aromatic carbocycles. The quantitative estimate of drug-likeness (QED) is 0.644. The molecule has 2 saturated carbocycles. The van der Waals surface area contributed by atoms with E-state index < -0.39 is 8.60 Å². The molecule has 0 radical (unpaired) electrons. The third-order valence-electron chi connectivity index (χ3n) is 2.72. The first kappa shape index (κ1) is 9.85. The monoisotopic (exact) mass is 204 g/mol. The van der Waals surface area contributed by atoms with E-state index >= 15 is 0 Å². The van der Waals surface area contributed by atoms with Gasteiger partial charge in [-0.3, -0.25) is 0 Å². The van der Waals surface area contributed by atoms with Crippen LogP contribution in [0.1, 0.15) is 38.5 Å². The molecule has 2 aliphatic carbocycles. The van der Waals surface area contributed by atoms with Gasteiger partial charge in [-0.1, -0.05) is 0 Å². The van der Waals surface area contributed by atoms with E-state index in [9.17, 15) is 0 Å². The molecule has 0 spiro atoms. The highest BCUT2D eigenvalue weighted by atomic mass is 31.2. The first-order valence-electron chi connectivity index (χ1n) is 5.06. The fraction of sp³-hybridized carbons (Fsp3) is 1.00. The topological polar surface area (TPSA) is 27.7 Å². The maximum absolute atomic E-state index is 5.66. The molecule has 0 N–H and O–H groups in total. The van der Waals surface area contributed by atoms with E-state index in [1.54, 1.807) is 7.11 Å². The second-order valence-electron chi connectivity index (χ2n) is 3.72. The van der Waals surface area contributed by atoms with Crippen molar-refractivity contribution in [1.29, 1.82) is 0 Å². The first-order valence-corrected chi connectivity index (χ1v) is 6.16. The third-order valence-corrected chi connectivity index (χ3v) is 3.96. The second kappa shape index (κ2) is 4.70. The molecule has 13 heavy (non-hydrogen) atoms. The van der Waals surface area contributed by atoms with Gasteiger partial charge in [-0.05, 0) is 38.5 Å². The molecule has 0 bridgehead atoms. The van der Waals surface area contributed by atoms with Crippen molar-refractivity contribution in [1.82, 2.24) is 0 Å². The molecule has 2 fully saturated rings. The normalized spacial score (nSPS) is 24.5. The minimum absolute atomic E-state index is 0.408. The van der Waals surface area contributed by atoms with Crippen molar-refractivity contribution in [2.75, 3.05) is 7.11 Å². The van der Waals surface area contributed by atoms with Gasteiger partial charge in [0.25, 0.3) is 0 Å². The zero-order chi connectivity index (χ0) is 9.10. The van der Waals surface area contributed by atoms with Gasteiger partial charge < -0.3 is 13.6 Å². The van der Waals surface area contributed by atoms with Gasteiger partial charge in [0.2, 0.25) is 0 Å². The maximum atomic E-state index is 5.66. The molecule has 0 amide bonds. The first-order chi connectivity index (χ1) is 6.38. The minimum Gasteiger partial charge on any atom is -0.316 e. The van der Waals surface area contributed by atoms with Crippen LogP contribution in [-0.4, -0.2) is 19.3 Å². The van der Waals surface area contributed by atoms with Gasteiger partial charge in [-0.2, -0.15) is 0 Å². The summed E-state index contributed by atoms with van der Waals surface area (Å²) >= 11 is 0. The van der Waals surface area contributed by atoms with Crippen molar-refractivity contribution in [2.24, 2.45) is 0 Å². The molecule has 0 aliphatic heterocycles. The molecule has 76 valence electrons. The molecule has 2 rings (SSSR count). The highest BCUT2D eigenvalue weighted by Gasteiger charge is 2.28. The Kier molecular flexibility index (Phi) is 3.56. The third kappa shape index (κ3) is 2.63. The summed E-state index contributed by atoms with van der Waals surface area (Å²) in [5.74, 6) is 0. The lowest BCUT2D eigenvalue weighted by molar-refractivity contribution is 0.0410. The summed E-state index contributed by atoms with van der Waals surface area (Å²) in [6.45, 7) is 0. The standard InChI is InChI=1S/C9H17O3P/c1-10-13(11-8-4-2-5-8)12-9-6-3-7-9/h8-9H,2-7H2,1H3. The van der Waals surface area contributed by atoms with Crippen LogP contribution in [0.3, 0.4) is 0 Å². The van der Waals surface area contributed by atoms with Crippen LogP contribution in [0.15, 0.2) is 0 Å². The summed E-state index contributed by atoms with van der Waals surface area (Å²) in [6.07, 6.45) is 8.11. The zero-order valence-electron chi connectivity index (χ0n) is 8.07. The van der Waals surface area contributed by atoms with Crippen molar-refractivity contribution in [3.8, 4) is 0 Å². The molecule has 0 heterocycles. The molecule has 3 nitrogen and oxygen atoms in total. The lowest BCUT2D eigenvalue weighted by Gasteiger charge is -2.32. The van der Waals surface area contributed by atoms with E-state index in [0.29, 0.717) is 12.2 Å². The molecule has 0 atom stereocenters. The van der Waals surface area contributed by atoms with E-state index in [1.165, 1.54) is 38.5 Å². The fourth-order valence-corrected chi connectivity index (χ4v) is 2.44. The van der Waals surface area contributed by atoms with Gasteiger partial charge in [-0.15, -0.1) is 0 Å². The van der Waals surface area contributed by atoms with E-state index in [-0.39, 0.29) is 0 Å². The number of rotatable bonds is 5. The van der Waals surface area contributed by atoms with Crippen molar-refractivity contribution in [2.45, 2.75) is 50.7 Å². The van der Waals surface area contributed by atoms with Crippen LogP contribution >= 0.6 is 8.60 Å². The molecular formula is C9H17O3P. The SMILES string of the molecule is COP(OC1CCC1)OC1CCC1. The highest BCUT2D eigenvalue weighted by molar-refractivity contribution is 7.41. The van der Waals surface area contributed by atoms with Crippen molar-refractivity contribution in [3.63, 3.8) is 0 Å². The Labute approximate surface area is 80.7 Å². The zero-order valence-corrected chi connectivity index (χ0v) is 8.96. The van der Waals surface area contributed by atoms with Gasteiger partial charge in [0.05, 0.1) is 12.2 Å². The number of hydrogen-bond acceptors (Lipinski definition) is 3. The summed E-state index contributed by atoms with van der Waals surface area (Å²) in [6, 6.07) is 0. The molecule has 0 saturated heterocycles. The average Bonchev–Trinajstić information content (AvgIpc) is 1.98. The van der Waals surface area contributed by atoms with Gasteiger partial charge in [-0.25, -0.2) is 0 Å². The predicted octanol–water partition coefficient (Wildman–Crippen LogP) is 3.00. The lowest BCUT2D eigenvalue weighted by atomic mass is 9.97. The van der Waals surface area contributed by atoms with E-state index in [4.69, 9.17) is 13.6 Å². The van der Waals surface area contributed by atoms with Crippen LogP contribution in [0.2, 0.25) is 0 Å². The van der Waals surface area contributed by atoms with Crippen LogP contribution in [0.5, 0.6) is 0 Å². The Morgan fingerprint density at radius 3 is 1.62 bits per heavy atom. The Hall–Kier alpha value is 0.310. The molecule has 0 aromatic rings. The van der Waals surface area contributed by atoms with E-state index in [0.717, 1.165) is 0 Å². The van der Waals surface area contributed by atoms with Gasteiger partial charge in [0, 0.05) is 7.11 Å². The molecule has 0 unspecified atom stereocenters.